The van der Waals surface area contributed by atoms with Crippen molar-refractivity contribution in [3.63, 3.8) is 0 Å². The van der Waals surface area contributed by atoms with Crippen LogP contribution < -0.4 is 19.5 Å². The smallest absolute Gasteiger partial charge is 0.203 e. The molecular weight excluding hydrogens is 254 g/mol. The van der Waals surface area contributed by atoms with E-state index in [1.807, 2.05) is 26.1 Å². The number of hydrogen-bond donors (Lipinski definition) is 1. The molecule has 0 aliphatic carbocycles. The average Bonchev–Trinajstić information content (AvgIpc) is 2.50. The Morgan fingerprint density at radius 1 is 1.10 bits per heavy atom. The van der Waals surface area contributed by atoms with Crippen LogP contribution in [0.3, 0.4) is 0 Å². The average molecular weight is 277 g/mol. The van der Waals surface area contributed by atoms with Gasteiger partial charge in [-0.3, -0.25) is 0 Å². The van der Waals surface area contributed by atoms with Crippen LogP contribution in [0.2, 0.25) is 0 Å². The van der Waals surface area contributed by atoms with Gasteiger partial charge in [-0.05, 0) is 38.1 Å². The van der Waals surface area contributed by atoms with Crippen molar-refractivity contribution in [3.8, 4) is 29.1 Å². The molecule has 1 atom stereocenters. The zero-order chi connectivity index (χ0) is 15.0. The first kappa shape index (κ1) is 16.2. The van der Waals surface area contributed by atoms with Gasteiger partial charge in [0, 0.05) is 12.5 Å². The maximum atomic E-state index is 5.38. The predicted octanol–water partition coefficient (Wildman–Crippen LogP) is 2.78. The van der Waals surface area contributed by atoms with Gasteiger partial charge < -0.3 is 19.5 Å². The van der Waals surface area contributed by atoms with E-state index < -0.39 is 0 Å². The Labute approximate surface area is 121 Å². The summed E-state index contributed by atoms with van der Waals surface area (Å²) in [6, 6.07) is 4.15. The Bertz CT molecular complexity index is 463. The highest BCUT2D eigenvalue weighted by Crippen LogP contribution is 2.40. The molecule has 0 spiro atoms. The van der Waals surface area contributed by atoms with E-state index in [4.69, 9.17) is 14.2 Å². The minimum atomic E-state index is 0.199. The van der Waals surface area contributed by atoms with Crippen molar-refractivity contribution in [2.45, 2.75) is 25.8 Å². The first-order valence-corrected chi connectivity index (χ1v) is 6.58. The highest BCUT2D eigenvalue weighted by atomic mass is 16.5. The van der Waals surface area contributed by atoms with Crippen LogP contribution in [0.25, 0.3) is 0 Å². The molecule has 0 bridgehead atoms. The Balaban J connectivity index is 3.11. The Morgan fingerprint density at radius 3 is 2.10 bits per heavy atom. The van der Waals surface area contributed by atoms with E-state index >= 15 is 0 Å². The van der Waals surface area contributed by atoms with Crippen LogP contribution >= 0.6 is 0 Å². The van der Waals surface area contributed by atoms with Crippen molar-refractivity contribution < 1.29 is 14.2 Å². The first-order valence-electron chi connectivity index (χ1n) is 6.58. The molecule has 1 N–H and O–H groups in total. The van der Waals surface area contributed by atoms with Gasteiger partial charge in [-0.25, -0.2) is 0 Å². The molecule has 0 fully saturated rings. The summed E-state index contributed by atoms with van der Waals surface area (Å²) in [4.78, 5) is 0. The number of methoxy groups -OCH3 is 3. The molecule has 20 heavy (non-hydrogen) atoms. The maximum absolute atomic E-state index is 5.38. The van der Waals surface area contributed by atoms with Gasteiger partial charge in [0.25, 0.3) is 0 Å². The van der Waals surface area contributed by atoms with Gasteiger partial charge in [0.15, 0.2) is 11.5 Å². The van der Waals surface area contributed by atoms with E-state index in [9.17, 15) is 0 Å². The number of hydrogen-bond acceptors (Lipinski definition) is 4. The molecule has 0 aromatic heterocycles. The quantitative estimate of drug-likeness (QED) is 0.778. The lowest BCUT2D eigenvalue weighted by molar-refractivity contribution is 0.323. The fourth-order valence-electron chi connectivity index (χ4n) is 2.12. The Hall–Kier alpha value is -1.86. The van der Waals surface area contributed by atoms with Crippen LogP contribution in [0, 0.1) is 11.8 Å². The lowest BCUT2D eigenvalue weighted by atomic mass is 10.0. The number of nitrogens with one attached hydrogen (secondary N) is 1. The second kappa shape index (κ2) is 8.34. The minimum Gasteiger partial charge on any atom is -0.493 e. The van der Waals surface area contributed by atoms with E-state index in [0.29, 0.717) is 17.2 Å². The second-order valence-electron chi connectivity index (χ2n) is 4.27. The van der Waals surface area contributed by atoms with Crippen molar-refractivity contribution in [2.75, 3.05) is 28.4 Å². The summed E-state index contributed by atoms with van der Waals surface area (Å²) in [5.74, 6) is 7.95. The van der Waals surface area contributed by atoms with Gasteiger partial charge >= 0.3 is 0 Å². The van der Waals surface area contributed by atoms with Crippen molar-refractivity contribution >= 4 is 0 Å². The summed E-state index contributed by atoms with van der Waals surface area (Å²) in [6.45, 7) is 1.85. The fourth-order valence-corrected chi connectivity index (χ4v) is 2.12. The monoisotopic (exact) mass is 277 g/mol. The van der Waals surface area contributed by atoms with E-state index in [1.165, 1.54) is 0 Å². The molecule has 1 rings (SSSR count). The molecule has 0 aliphatic rings. The van der Waals surface area contributed by atoms with Crippen molar-refractivity contribution in [3.05, 3.63) is 17.7 Å². The fraction of sp³-hybridized carbons (Fsp3) is 0.500. The second-order valence-corrected chi connectivity index (χ2v) is 4.27. The number of rotatable bonds is 7. The third-order valence-electron chi connectivity index (χ3n) is 3.17. The lowest BCUT2D eigenvalue weighted by Gasteiger charge is -2.19. The van der Waals surface area contributed by atoms with E-state index in [1.54, 1.807) is 21.3 Å². The number of benzene rings is 1. The minimum absolute atomic E-state index is 0.199. The largest absolute Gasteiger partial charge is 0.493 e. The molecular formula is C16H23NO3. The zero-order valence-electron chi connectivity index (χ0n) is 12.9. The molecule has 0 saturated carbocycles. The molecule has 0 radical (unpaired) electrons. The van der Waals surface area contributed by atoms with Gasteiger partial charge in [-0.2, -0.15) is 0 Å². The van der Waals surface area contributed by atoms with Gasteiger partial charge in [-0.15, -0.1) is 11.8 Å². The molecule has 1 aromatic rings. The van der Waals surface area contributed by atoms with Gasteiger partial charge in [0.2, 0.25) is 5.75 Å². The molecule has 0 amide bonds. The van der Waals surface area contributed by atoms with Crippen molar-refractivity contribution in [1.82, 2.24) is 5.32 Å². The summed E-state index contributed by atoms with van der Waals surface area (Å²) in [5, 5.41) is 3.30. The normalized spacial score (nSPS) is 11.2. The predicted molar refractivity (Wildman–Crippen MR) is 80.6 cm³/mol. The topological polar surface area (TPSA) is 39.7 Å². The third-order valence-corrected chi connectivity index (χ3v) is 3.17. The molecule has 0 saturated heterocycles. The lowest BCUT2D eigenvalue weighted by Crippen LogP contribution is -2.16. The highest BCUT2D eigenvalue weighted by Gasteiger charge is 2.17. The maximum Gasteiger partial charge on any atom is 0.203 e. The molecule has 4 nitrogen and oxygen atoms in total. The van der Waals surface area contributed by atoms with Crippen molar-refractivity contribution in [1.29, 1.82) is 0 Å². The van der Waals surface area contributed by atoms with Crippen LogP contribution in [-0.4, -0.2) is 28.4 Å². The van der Waals surface area contributed by atoms with Gasteiger partial charge in [0.05, 0.1) is 21.3 Å². The van der Waals surface area contributed by atoms with Crippen molar-refractivity contribution in [2.24, 2.45) is 0 Å². The molecule has 1 unspecified atom stereocenters. The summed E-state index contributed by atoms with van der Waals surface area (Å²) in [7, 11) is 6.79. The SMILES string of the molecule is CC#CCCC(NC)c1cc(OC)c(OC)c(OC)c1. The van der Waals surface area contributed by atoms with Gasteiger partial charge in [0.1, 0.15) is 0 Å². The standard InChI is InChI=1S/C16H23NO3/c1-6-7-8-9-13(17-2)12-10-14(18-3)16(20-5)15(11-12)19-4/h10-11,13,17H,8-9H2,1-5H3. The Morgan fingerprint density at radius 2 is 1.70 bits per heavy atom. The van der Waals surface area contributed by atoms with E-state index in [2.05, 4.69) is 17.2 Å². The summed E-state index contributed by atoms with van der Waals surface area (Å²) in [6.07, 6.45) is 1.77. The Kier molecular flexibility index (Phi) is 6.75. The third kappa shape index (κ3) is 3.82. The molecule has 110 valence electrons. The highest BCUT2D eigenvalue weighted by molar-refractivity contribution is 5.54. The van der Waals surface area contributed by atoms with Crippen LogP contribution in [0.5, 0.6) is 17.2 Å². The van der Waals surface area contributed by atoms with Gasteiger partial charge in [-0.1, -0.05) is 0 Å². The van der Waals surface area contributed by atoms with Crippen LogP contribution in [0.15, 0.2) is 12.1 Å². The van der Waals surface area contributed by atoms with Crippen LogP contribution in [-0.2, 0) is 0 Å². The summed E-state index contributed by atoms with van der Waals surface area (Å²) < 4.78 is 16.1. The molecule has 4 heteroatoms. The first-order chi connectivity index (χ1) is 9.71. The summed E-state index contributed by atoms with van der Waals surface area (Å²) in [5.41, 5.74) is 1.10. The summed E-state index contributed by atoms with van der Waals surface area (Å²) >= 11 is 0. The van der Waals surface area contributed by atoms with E-state index in [0.717, 1.165) is 18.4 Å². The van der Waals surface area contributed by atoms with E-state index in [-0.39, 0.29) is 6.04 Å². The zero-order valence-corrected chi connectivity index (χ0v) is 12.9. The molecule has 1 aromatic carbocycles. The number of ether oxygens (including phenoxy) is 3. The molecule has 0 aliphatic heterocycles. The van der Waals surface area contributed by atoms with Crippen LogP contribution in [0.4, 0.5) is 0 Å². The molecule has 0 heterocycles. The van der Waals surface area contributed by atoms with Crippen LogP contribution in [0.1, 0.15) is 31.4 Å².